The van der Waals surface area contributed by atoms with E-state index in [4.69, 9.17) is 5.26 Å². The van der Waals surface area contributed by atoms with Crippen LogP contribution in [0.4, 0.5) is 0 Å². The number of hydrazone groups is 1. The van der Waals surface area contributed by atoms with Gasteiger partial charge in [-0.25, -0.2) is 10.4 Å². The highest BCUT2D eigenvalue weighted by atomic mass is 32.1. The van der Waals surface area contributed by atoms with Gasteiger partial charge in [-0.15, -0.1) is 11.3 Å². The van der Waals surface area contributed by atoms with Gasteiger partial charge in [0.1, 0.15) is 0 Å². The summed E-state index contributed by atoms with van der Waals surface area (Å²) >= 11 is 1.48. The van der Waals surface area contributed by atoms with Crippen molar-refractivity contribution in [3.63, 3.8) is 0 Å². The number of rotatable bonds is 6. The Balaban J connectivity index is 1.41. The molecule has 6 nitrogen and oxygen atoms in total. The Labute approximate surface area is 184 Å². The second-order valence-electron chi connectivity index (χ2n) is 7.49. The number of fused-ring (bicyclic) bond motifs is 1. The smallest absolute Gasteiger partial charge is 0.246 e. The van der Waals surface area contributed by atoms with Crippen LogP contribution >= 0.6 is 11.3 Å². The van der Waals surface area contributed by atoms with Crippen molar-refractivity contribution >= 4 is 28.4 Å². The molecule has 0 aliphatic heterocycles. The number of nitrogens with one attached hydrogen (secondary N) is 1. The van der Waals surface area contributed by atoms with Gasteiger partial charge >= 0.3 is 0 Å². The third kappa shape index (κ3) is 4.71. The van der Waals surface area contributed by atoms with E-state index in [-0.39, 0.29) is 12.3 Å². The predicted molar refractivity (Wildman–Crippen MR) is 123 cm³/mol. The molecule has 4 rings (SSSR count). The Morgan fingerprint density at radius 1 is 1.23 bits per heavy atom. The maximum Gasteiger partial charge on any atom is 0.246 e. The first kappa shape index (κ1) is 20.5. The van der Waals surface area contributed by atoms with Crippen molar-refractivity contribution in [1.29, 1.82) is 5.26 Å². The molecule has 0 saturated heterocycles. The molecule has 0 unspecified atom stereocenters. The number of carbonyl (C=O) groups excluding carboxylic acids is 1. The van der Waals surface area contributed by atoms with Gasteiger partial charge in [0.2, 0.25) is 5.91 Å². The molecule has 0 spiro atoms. The molecular weight excluding hydrogens is 406 g/mol. The van der Waals surface area contributed by atoms with Crippen LogP contribution in [0.1, 0.15) is 42.1 Å². The zero-order valence-electron chi connectivity index (χ0n) is 17.2. The number of hydrogen-bond acceptors (Lipinski definition) is 5. The molecule has 0 aliphatic carbocycles. The van der Waals surface area contributed by atoms with E-state index >= 15 is 0 Å². The lowest BCUT2D eigenvalue weighted by Gasteiger charge is -2.04. The molecular formula is C24H21N5OS. The fourth-order valence-electron chi connectivity index (χ4n) is 3.16. The second-order valence-corrected chi connectivity index (χ2v) is 8.32. The number of nitriles is 1. The van der Waals surface area contributed by atoms with Crippen molar-refractivity contribution in [3.05, 3.63) is 82.5 Å². The molecule has 0 radical (unpaired) electrons. The van der Waals surface area contributed by atoms with E-state index in [1.165, 1.54) is 16.9 Å². The van der Waals surface area contributed by atoms with E-state index in [2.05, 4.69) is 47.6 Å². The molecule has 1 amide bonds. The SMILES string of the molecule is CC(C)c1ccc(/C=N/NC(=O)Cc2csc3nc(-c4ccc(C#N)cc4)cn23)cc1. The van der Waals surface area contributed by atoms with E-state index in [9.17, 15) is 4.79 Å². The lowest BCUT2D eigenvalue weighted by molar-refractivity contribution is -0.120. The first-order valence-electron chi connectivity index (χ1n) is 9.91. The summed E-state index contributed by atoms with van der Waals surface area (Å²) in [6.45, 7) is 4.30. The van der Waals surface area contributed by atoms with Crippen LogP contribution in [0.15, 0.2) is 65.2 Å². The number of benzene rings is 2. The summed E-state index contributed by atoms with van der Waals surface area (Å²) in [6, 6.07) is 17.5. The van der Waals surface area contributed by atoms with E-state index in [0.29, 0.717) is 11.5 Å². The topological polar surface area (TPSA) is 82.5 Å². The average Bonchev–Trinajstić information content (AvgIpc) is 3.36. The van der Waals surface area contributed by atoms with Crippen molar-refractivity contribution in [3.8, 4) is 17.3 Å². The standard InChI is InChI=1S/C24H21N5OS/c1-16(2)19-7-5-18(6-8-19)13-26-28-23(30)11-21-15-31-24-27-22(14-29(21)24)20-9-3-17(12-25)4-10-20/h3-10,13-16H,11H2,1-2H3,(H,28,30)/b26-13+. The van der Waals surface area contributed by atoms with Gasteiger partial charge in [-0.05, 0) is 29.2 Å². The van der Waals surface area contributed by atoms with Gasteiger partial charge in [-0.2, -0.15) is 10.4 Å². The quantitative estimate of drug-likeness (QED) is 0.356. The van der Waals surface area contributed by atoms with Crippen LogP contribution in [0.5, 0.6) is 0 Å². The summed E-state index contributed by atoms with van der Waals surface area (Å²) in [5.41, 5.74) is 7.99. The maximum atomic E-state index is 12.4. The molecule has 0 aliphatic rings. The highest BCUT2D eigenvalue weighted by molar-refractivity contribution is 7.15. The summed E-state index contributed by atoms with van der Waals surface area (Å²) in [5, 5.41) is 14.9. The Bertz CT molecular complexity index is 1270. The first-order chi connectivity index (χ1) is 15.0. The third-order valence-corrected chi connectivity index (χ3v) is 5.83. The van der Waals surface area contributed by atoms with Crippen molar-refractivity contribution in [2.45, 2.75) is 26.2 Å². The van der Waals surface area contributed by atoms with Gasteiger partial charge < -0.3 is 0 Å². The van der Waals surface area contributed by atoms with Crippen molar-refractivity contribution < 1.29 is 4.79 Å². The Morgan fingerprint density at radius 3 is 2.65 bits per heavy atom. The first-order valence-corrected chi connectivity index (χ1v) is 10.8. The number of aromatic nitrogens is 2. The molecule has 0 bridgehead atoms. The van der Waals surface area contributed by atoms with Gasteiger partial charge in [0.25, 0.3) is 0 Å². The Kier molecular flexibility index (Phi) is 5.92. The zero-order chi connectivity index (χ0) is 21.8. The summed E-state index contributed by atoms with van der Waals surface area (Å²) in [4.78, 5) is 17.8. The van der Waals surface area contributed by atoms with E-state index in [1.54, 1.807) is 18.3 Å². The molecule has 2 heterocycles. The highest BCUT2D eigenvalue weighted by Crippen LogP contribution is 2.24. The van der Waals surface area contributed by atoms with Crippen LogP contribution in [-0.2, 0) is 11.2 Å². The van der Waals surface area contributed by atoms with Crippen LogP contribution in [0, 0.1) is 11.3 Å². The molecule has 0 atom stereocenters. The largest absolute Gasteiger partial charge is 0.294 e. The van der Waals surface area contributed by atoms with E-state index in [1.807, 2.05) is 40.2 Å². The fourth-order valence-corrected chi connectivity index (χ4v) is 4.03. The fraction of sp³-hybridized carbons (Fsp3) is 0.167. The lowest BCUT2D eigenvalue weighted by Crippen LogP contribution is -2.20. The van der Waals surface area contributed by atoms with Crippen LogP contribution < -0.4 is 5.43 Å². The molecule has 4 aromatic rings. The molecule has 0 fully saturated rings. The predicted octanol–water partition coefficient (Wildman–Crippen LogP) is 4.75. The molecule has 31 heavy (non-hydrogen) atoms. The monoisotopic (exact) mass is 427 g/mol. The Morgan fingerprint density at radius 2 is 1.97 bits per heavy atom. The van der Waals surface area contributed by atoms with Gasteiger partial charge in [0.15, 0.2) is 4.96 Å². The minimum atomic E-state index is -0.191. The number of nitrogens with zero attached hydrogens (tertiary/aromatic N) is 4. The molecule has 0 saturated carbocycles. The summed E-state index contributed by atoms with van der Waals surface area (Å²) < 4.78 is 1.92. The molecule has 2 aromatic heterocycles. The molecule has 2 aromatic carbocycles. The van der Waals surface area contributed by atoms with Crippen LogP contribution in [0.25, 0.3) is 16.2 Å². The highest BCUT2D eigenvalue weighted by Gasteiger charge is 2.12. The zero-order valence-corrected chi connectivity index (χ0v) is 18.1. The number of imidazole rings is 1. The summed E-state index contributed by atoms with van der Waals surface area (Å²) in [5.74, 6) is 0.289. The average molecular weight is 428 g/mol. The number of thiazole rings is 1. The number of amides is 1. The minimum absolute atomic E-state index is 0.191. The molecule has 7 heteroatoms. The second kappa shape index (κ2) is 8.94. The van der Waals surface area contributed by atoms with Crippen molar-refractivity contribution in [2.24, 2.45) is 5.10 Å². The van der Waals surface area contributed by atoms with Gasteiger partial charge in [-0.3, -0.25) is 9.20 Å². The molecule has 154 valence electrons. The van der Waals surface area contributed by atoms with Crippen LogP contribution in [0.2, 0.25) is 0 Å². The normalized spacial score (nSPS) is 11.3. The van der Waals surface area contributed by atoms with Crippen LogP contribution in [0.3, 0.4) is 0 Å². The maximum absolute atomic E-state index is 12.4. The van der Waals surface area contributed by atoms with Crippen molar-refractivity contribution in [1.82, 2.24) is 14.8 Å². The third-order valence-electron chi connectivity index (χ3n) is 4.94. The molecule has 1 N–H and O–H groups in total. The number of hydrogen-bond donors (Lipinski definition) is 1. The summed E-state index contributed by atoms with van der Waals surface area (Å²) in [6.07, 6.45) is 3.76. The number of carbonyl (C=O) groups is 1. The van der Waals surface area contributed by atoms with Crippen LogP contribution in [-0.4, -0.2) is 21.5 Å². The summed E-state index contributed by atoms with van der Waals surface area (Å²) in [7, 11) is 0. The minimum Gasteiger partial charge on any atom is -0.294 e. The van der Waals surface area contributed by atoms with Gasteiger partial charge in [0.05, 0.1) is 30.0 Å². The Hall–Kier alpha value is -3.76. The van der Waals surface area contributed by atoms with Gasteiger partial charge in [-0.1, -0.05) is 50.2 Å². The van der Waals surface area contributed by atoms with Gasteiger partial charge in [0, 0.05) is 22.8 Å². The van der Waals surface area contributed by atoms with Crippen molar-refractivity contribution in [2.75, 3.05) is 0 Å². The van der Waals surface area contributed by atoms with E-state index < -0.39 is 0 Å². The lowest BCUT2D eigenvalue weighted by atomic mass is 10.0. The van der Waals surface area contributed by atoms with E-state index in [0.717, 1.165) is 27.5 Å².